The Labute approximate surface area is 196 Å². The molecule has 1 aliphatic heterocycles. The van der Waals surface area contributed by atoms with Gasteiger partial charge in [-0.15, -0.1) is 22.7 Å². The molecule has 1 aliphatic rings. The lowest BCUT2D eigenvalue weighted by molar-refractivity contribution is -0.120. The zero-order chi connectivity index (χ0) is 21.3. The largest absolute Gasteiger partial charge is 0.301 e. The molecule has 1 N–H and O–H groups in total. The van der Waals surface area contributed by atoms with E-state index in [1.807, 2.05) is 29.6 Å². The minimum absolute atomic E-state index is 0.152. The van der Waals surface area contributed by atoms with Gasteiger partial charge in [-0.3, -0.25) is 4.79 Å². The monoisotopic (exact) mass is 545 g/mol. The number of anilines is 1. The zero-order valence-electron chi connectivity index (χ0n) is 15.5. The lowest BCUT2D eigenvalue weighted by atomic mass is 10.0. The number of rotatable bonds is 5. The maximum absolute atomic E-state index is 13.1. The molecule has 0 bridgehead atoms. The van der Waals surface area contributed by atoms with Crippen LogP contribution in [0.3, 0.4) is 0 Å². The van der Waals surface area contributed by atoms with Gasteiger partial charge in [0.25, 0.3) is 10.0 Å². The molecule has 2 aromatic heterocycles. The van der Waals surface area contributed by atoms with E-state index in [9.17, 15) is 13.2 Å². The molecule has 1 amide bonds. The number of sulfonamides is 1. The number of halogens is 2. The minimum atomic E-state index is -3.78. The molecule has 1 unspecified atom stereocenters. The van der Waals surface area contributed by atoms with Crippen molar-refractivity contribution in [2.75, 3.05) is 11.9 Å². The second kappa shape index (κ2) is 9.05. The molecule has 1 saturated heterocycles. The second-order valence-corrected chi connectivity index (χ2v) is 12.3. The first-order chi connectivity index (χ1) is 14.3. The Morgan fingerprint density at radius 1 is 1.20 bits per heavy atom. The van der Waals surface area contributed by atoms with Gasteiger partial charge >= 0.3 is 0 Å². The maximum atomic E-state index is 13.1. The van der Waals surface area contributed by atoms with Crippen LogP contribution in [0.1, 0.15) is 19.3 Å². The second-order valence-electron chi connectivity index (χ2n) is 6.72. The normalized spacial score (nSPS) is 17.7. The summed E-state index contributed by atoms with van der Waals surface area (Å²) < 4.78 is 28.9. The number of benzene rings is 1. The van der Waals surface area contributed by atoms with E-state index in [1.54, 1.807) is 6.07 Å². The van der Waals surface area contributed by atoms with Crippen LogP contribution in [0.4, 0.5) is 5.13 Å². The SMILES string of the molecule is O=C(Nc1nc(-c2ccc(Br)cc2)cs1)C1CCCCN1S(=O)(=O)c1ccc(Cl)s1. The Balaban J connectivity index is 1.52. The third-order valence-electron chi connectivity index (χ3n) is 4.74. The number of thiophene rings is 1. The van der Waals surface area contributed by atoms with Crippen LogP contribution in [0.25, 0.3) is 11.3 Å². The predicted molar refractivity (Wildman–Crippen MR) is 125 cm³/mol. The molecule has 1 atom stereocenters. The van der Waals surface area contributed by atoms with Crippen molar-refractivity contribution in [3.05, 3.63) is 50.6 Å². The lowest BCUT2D eigenvalue weighted by Crippen LogP contribution is -2.49. The highest BCUT2D eigenvalue weighted by molar-refractivity contribution is 9.10. The van der Waals surface area contributed by atoms with Crippen molar-refractivity contribution >= 4 is 71.3 Å². The van der Waals surface area contributed by atoms with Crippen molar-refractivity contribution in [1.82, 2.24) is 9.29 Å². The molecular weight excluding hydrogens is 530 g/mol. The van der Waals surface area contributed by atoms with Crippen LogP contribution in [0.15, 0.2) is 50.5 Å². The summed E-state index contributed by atoms with van der Waals surface area (Å²) in [5, 5.41) is 5.11. The number of carbonyl (C=O) groups excluding carboxylic acids is 1. The molecule has 11 heteroatoms. The number of amides is 1. The summed E-state index contributed by atoms with van der Waals surface area (Å²) in [6, 6.07) is 9.99. The number of thiazole rings is 1. The van der Waals surface area contributed by atoms with Crippen molar-refractivity contribution < 1.29 is 13.2 Å². The van der Waals surface area contributed by atoms with E-state index in [4.69, 9.17) is 11.6 Å². The molecule has 0 spiro atoms. The first kappa shape index (κ1) is 21.9. The first-order valence-electron chi connectivity index (χ1n) is 9.14. The van der Waals surface area contributed by atoms with E-state index in [-0.39, 0.29) is 10.1 Å². The van der Waals surface area contributed by atoms with Crippen LogP contribution in [0.2, 0.25) is 4.34 Å². The molecule has 30 heavy (non-hydrogen) atoms. The van der Waals surface area contributed by atoms with Crippen molar-refractivity contribution in [2.24, 2.45) is 0 Å². The third kappa shape index (κ3) is 4.63. The summed E-state index contributed by atoms with van der Waals surface area (Å²) in [5.41, 5.74) is 1.69. The molecule has 4 rings (SSSR count). The lowest BCUT2D eigenvalue weighted by Gasteiger charge is -2.32. The van der Waals surface area contributed by atoms with Gasteiger partial charge in [-0.05, 0) is 37.1 Å². The molecule has 6 nitrogen and oxygen atoms in total. The topological polar surface area (TPSA) is 79.4 Å². The molecule has 3 heterocycles. The predicted octanol–water partition coefficient (Wildman–Crippen LogP) is 5.47. The van der Waals surface area contributed by atoms with Crippen molar-refractivity contribution in [1.29, 1.82) is 0 Å². The molecule has 0 saturated carbocycles. The van der Waals surface area contributed by atoms with Gasteiger partial charge in [0.1, 0.15) is 10.3 Å². The molecular formula is C19H17BrClN3O3S3. The number of aromatic nitrogens is 1. The molecule has 0 aliphatic carbocycles. The Morgan fingerprint density at radius 2 is 1.97 bits per heavy atom. The van der Waals surface area contributed by atoms with Gasteiger partial charge in [0.05, 0.1) is 10.0 Å². The van der Waals surface area contributed by atoms with Crippen molar-refractivity contribution in [2.45, 2.75) is 29.5 Å². The maximum Gasteiger partial charge on any atom is 0.253 e. The van der Waals surface area contributed by atoms with Crippen LogP contribution >= 0.6 is 50.2 Å². The molecule has 0 radical (unpaired) electrons. The van der Waals surface area contributed by atoms with Crippen LogP contribution < -0.4 is 5.32 Å². The summed E-state index contributed by atoms with van der Waals surface area (Å²) in [6.07, 6.45) is 1.97. The average Bonchev–Trinajstić information content (AvgIpc) is 3.38. The number of hydrogen-bond acceptors (Lipinski definition) is 6. The summed E-state index contributed by atoms with van der Waals surface area (Å²) in [4.78, 5) is 17.5. The molecule has 1 fully saturated rings. The molecule has 3 aromatic rings. The van der Waals surface area contributed by atoms with Gasteiger partial charge < -0.3 is 5.32 Å². The van der Waals surface area contributed by atoms with E-state index in [1.165, 1.54) is 21.7 Å². The Bertz CT molecular complexity index is 1160. The third-order valence-corrected chi connectivity index (χ3v) is 9.64. The highest BCUT2D eigenvalue weighted by Gasteiger charge is 2.38. The van der Waals surface area contributed by atoms with Crippen molar-refractivity contribution in [3.8, 4) is 11.3 Å². The zero-order valence-corrected chi connectivity index (χ0v) is 20.3. The number of carbonyl (C=O) groups is 1. The minimum Gasteiger partial charge on any atom is -0.301 e. The quantitative estimate of drug-likeness (QED) is 0.460. The standard InChI is InChI=1S/C19H17BrClN3O3S3/c20-13-6-4-12(5-7-13)14-11-28-19(22-14)23-18(25)15-3-1-2-10-24(15)30(26,27)17-9-8-16(21)29-17/h4-9,11,15H,1-3,10H2,(H,22,23,25). The average molecular weight is 547 g/mol. The molecule has 158 valence electrons. The fraction of sp³-hybridized carbons (Fsp3) is 0.263. The smallest absolute Gasteiger partial charge is 0.253 e. The fourth-order valence-corrected chi connectivity index (χ4v) is 7.54. The summed E-state index contributed by atoms with van der Waals surface area (Å²) >= 11 is 11.6. The van der Waals surface area contributed by atoms with E-state index in [2.05, 4.69) is 26.2 Å². The number of hydrogen-bond donors (Lipinski definition) is 1. The van der Waals surface area contributed by atoms with Gasteiger partial charge in [0.2, 0.25) is 5.91 Å². The van der Waals surface area contributed by atoms with Crippen molar-refractivity contribution in [3.63, 3.8) is 0 Å². The highest BCUT2D eigenvalue weighted by atomic mass is 79.9. The van der Waals surface area contributed by atoms with Gasteiger partial charge in [0.15, 0.2) is 5.13 Å². The van der Waals surface area contributed by atoms with Crippen LogP contribution in [-0.4, -0.2) is 36.2 Å². The Kier molecular flexibility index (Phi) is 6.61. The number of piperidine rings is 1. The van der Waals surface area contributed by atoms with Crippen LogP contribution in [0.5, 0.6) is 0 Å². The summed E-state index contributed by atoms with van der Waals surface area (Å²) in [6.45, 7) is 0.304. The van der Waals surface area contributed by atoms with Crippen LogP contribution in [-0.2, 0) is 14.8 Å². The first-order valence-corrected chi connectivity index (χ1v) is 13.4. The van der Waals surface area contributed by atoms with E-state index in [0.29, 0.717) is 28.9 Å². The van der Waals surface area contributed by atoms with Gasteiger partial charge in [0, 0.05) is 22.0 Å². The fourth-order valence-electron chi connectivity index (χ4n) is 3.28. The summed E-state index contributed by atoms with van der Waals surface area (Å²) in [5.74, 6) is -0.363. The van der Waals surface area contributed by atoms with E-state index < -0.39 is 16.1 Å². The van der Waals surface area contributed by atoms with E-state index >= 15 is 0 Å². The number of nitrogens with zero attached hydrogens (tertiary/aromatic N) is 2. The van der Waals surface area contributed by atoms with Gasteiger partial charge in [-0.25, -0.2) is 13.4 Å². The van der Waals surface area contributed by atoms with Crippen LogP contribution in [0, 0.1) is 0 Å². The Morgan fingerprint density at radius 3 is 2.67 bits per heavy atom. The molecule has 1 aromatic carbocycles. The summed E-state index contributed by atoms with van der Waals surface area (Å²) in [7, 11) is -3.78. The van der Waals surface area contributed by atoms with E-state index in [0.717, 1.165) is 33.5 Å². The Hall–Kier alpha value is -1.30. The highest BCUT2D eigenvalue weighted by Crippen LogP contribution is 2.32. The van der Waals surface area contributed by atoms with Gasteiger partial charge in [-0.1, -0.05) is 46.1 Å². The number of nitrogens with one attached hydrogen (secondary N) is 1. The van der Waals surface area contributed by atoms with Gasteiger partial charge in [-0.2, -0.15) is 4.31 Å².